The number of nitrogens with one attached hydrogen (secondary N) is 1. The van der Waals surface area contributed by atoms with Crippen LogP contribution in [0, 0.1) is 0 Å². The summed E-state index contributed by atoms with van der Waals surface area (Å²) in [6.07, 6.45) is 5.48. The van der Waals surface area contributed by atoms with E-state index in [9.17, 15) is 5.11 Å². The van der Waals surface area contributed by atoms with Crippen molar-refractivity contribution in [2.45, 2.75) is 44.4 Å². The normalized spacial score (nSPS) is 21.8. The van der Waals surface area contributed by atoms with Crippen LogP contribution < -0.4 is 14.8 Å². The molecule has 0 aromatic heterocycles. The Labute approximate surface area is 126 Å². The monoisotopic (exact) mass is 291 g/mol. The van der Waals surface area contributed by atoms with Gasteiger partial charge >= 0.3 is 0 Å². The maximum Gasteiger partial charge on any atom is 0.161 e. The molecule has 0 bridgehead atoms. The predicted molar refractivity (Wildman–Crippen MR) is 83.8 cm³/mol. The molecule has 1 fully saturated rings. The van der Waals surface area contributed by atoms with Crippen molar-refractivity contribution >= 4 is 0 Å². The fraction of sp³-hybridized carbons (Fsp3) is 0.529. The largest absolute Gasteiger partial charge is 0.493 e. The quantitative estimate of drug-likeness (QED) is 0.758. The van der Waals surface area contributed by atoms with Crippen LogP contribution in [0.4, 0.5) is 0 Å². The summed E-state index contributed by atoms with van der Waals surface area (Å²) in [6.45, 7) is 4.92. The van der Waals surface area contributed by atoms with Gasteiger partial charge in [-0.05, 0) is 43.4 Å². The van der Waals surface area contributed by atoms with E-state index in [0.717, 1.165) is 43.7 Å². The maximum absolute atomic E-state index is 9.52. The molecule has 0 aliphatic heterocycles. The van der Waals surface area contributed by atoms with Crippen LogP contribution in [0.1, 0.15) is 31.2 Å². The van der Waals surface area contributed by atoms with Gasteiger partial charge < -0.3 is 19.9 Å². The lowest BCUT2D eigenvalue weighted by Gasteiger charge is -2.26. The Morgan fingerprint density at radius 2 is 2.05 bits per heavy atom. The van der Waals surface area contributed by atoms with Crippen molar-refractivity contribution in [2.75, 3.05) is 13.7 Å². The third-order valence-electron chi connectivity index (χ3n) is 3.88. The average Bonchev–Trinajstić information content (AvgIpc) is 2.52. The first-order valence-corrected chi connectivity index (χ1v) is 7.55. The fourth-order valence-corrected chi connectivity index (χ4v) is 2.63. The van der Waals surface area contributed by atoms with E-state index >= 15 is 0 Å². The minimum absolute atomic E-state index is 0.107. The molecule has 4 nitrogen and oxygen atoms in total. The highest BCUT2D eigenvalue weighted by Gasteiger charge is 2.18. The average molecular weight is 291 g/mol. The number of hydrogen-bond donors (Lipinski definition) is 2. The first kappa shape index (κ1) is 15.9. The third kappa shape index (κ3) is 4.76. The molecular weight excluding hydrogens is 266 g/mol. The van der Waals surface area contributed by atoms with Crippen LogP contribution >= 0.6 is 0 Å². The summed E-state index contributed by atoms with van der Waals surface area (Å²) in [5.74, 6) is 1.48. The highest BCUT2D eigenvalue weighted by atomic mass is 16.5. The van der Waals surface area contributed by atoms with Crippen molar-refractivity contribution in [1.29, 1.82) is 0 Å². The molecule has 0 unspecified atom stereocenters. The summed E-state index contributed by atoms with van der Waals surface area (Å²) in [4.78, 5) is 0. The Bertz CT molecular complexity index is 453. The Hall–Kier alpha value is -1.52. The van der Waals surface area contributed by atoms with Gasteiger partial charge in [-0.25, -0.2) is 0 Å². The number of hydrogen-bond acceptors (Lipinski definition) is 4. The number of rotatable bonds is 7. The zero-order valence-corrected chi connectivity index (χ0v) is 12.7. The van der Waals surface area contributed by atoms with Crippen molar-refractivity contribution in [3.8, 4) is 11.5 Å². The van der Waals surface area contributed by atoms with Crippen molar-refractivity contribution in [3.05, 3.63) is 36.4 Å². The Morgan fingerprint density at radius 1 is 1.29 bits per heavy atom. The lowest BCUT2D eigenvalue weighted by atomic mass is 9.93. The molecule has 0 radical (unpaired) electrons. The van der Waals surface area contributed by atoms with Gasteiger partial charge in [-0.3, -0.25) is 0 Å². The standard InChI is InChI=1S/C17H25NO3/c1-3-10-21-16-9-4-13(11-17(16)20-2)12-18-14-5-7-15(19)8-6-14/h3-4,9,11,14-15,18-19H,1,5-8,10,12H2,2H3. The van der Waals surface area contributed by atoms with Gasteiger partial charge in [0.2, 0.25) is 0 Å². The summed E-state index contributed by atoms with van der Waals surface area (Å²) in [7, 11) is 1.65. The number of aliphatic hydroxyl groups excluding tert-OH is 1. The van der Waals surface area contributed by atoms with Crippen LogP contribution in [0.3, 0.4) is 0 Å². The molecule has 1 saturated carbocycles. The zero-order chi connectivity index (χ0) is 15.1. The summed E-state index contributed by atoms with van der Waals surface area (Å²) >= 11 is 0. The number of methoxy groups -OCH3 is 1. The van der Waals surface area contributed by atoms with Gasteiger partial charge in [0, 0.05) is 12.6 Å². The van der Waals surface area contributed by atoms with Crippen LogP contribution in [-0.2, 0) is 6.54 Å². The molecule has 0 atom stereocenters. The molecule has 1 aromatic rings. The summed E-state index contributed by atoms with van der Waals surface area (Å²) in [5, 5.41) is 13.1. The van der Waals surface area contributed by atoms with E-state index < -0.39 is 0 Å². The SMILES string of the molecule is C=CCOc1ccc(CNC2CCC(O)CC2)cc1OC. The second-order valence-electron chi connectivity index (χ2n) is 5.47. The molecule has 21 heavy (non-hydrogen) atoms. The van der Waals surface area contributed by atoms with E-state index in [0.29, 0.717) is 12.6 Å². The topological polar surface area (TPSA) is 50.7 Å². The summed E-state index contributed by atoms with van der Waals surface area (Å²) in [6, 6.07) is 6.48. The van der Waals surface area contributed by atoms with Gasteiger partial charge in [0.15, 0.2) is 11.5 Å². The maximum atomic E-state index is 9.52. The molecule has 4 heteroatoms. The molecule has 1 aliphatic carbocycles. The Balaban J connectivity index is 1.89. The van der Waals surface area contributed by atoms with Crippen LogP contribution in [0.5, 0.6) is 11.5 Å². The zero-order valence-electron chi connectivity index (χ0n) is 12.7. The molecule has 1 aliphatic rings. The highest BCUT2D eigenvalue weighted by Crippen LogP contribution is 2.28. The third-order valence-corrected chi connectivity index (χ3v) is 3.88. The van der Waals surface area contributed by atoms with Crippen LogP contribution in [-0.4, -0.2) is 31.0 Å². The smallest absolute Gasteiger partial charge is 0.161 e. The first-order valence-electron chi connectivity index (χ1n) is 7.55. The van der Waals surface area contributed by atoms with Gasteiger partial charge in [-0.1, -0.05) is 18.7 Å². The predicted octanol–water partition coefficient (Wildman–Crippen LogP) is 2.65. The number of aliphatic hydroxyl groups is 1. The van der Waals surface area contributed by atoms with Gasteiger partial charge in [-0.15, -0.1) is 0 Å². The van der Waals surface area contributed by atoms with E-state index in [-0.39, 0.29) is 6.10 Å². The molecule has 2 N–H and O–H groups in total. The fourth-order valence-electron chi connectivity index (χ4n) is 2.63. The Kier molecular flexibility index (Phi) is 6.08. The minimum Gasteiger partial charge on any atom is -0.493 e. The number of ether oxygens (including phenoxy) is 2. The van der Waals surface area contributed by atoms with Crippen molar-refractivity contribution in [1.82, 2.24) is 5.32 Å². The van der Waals surface area contributed by atoms with Crippen LogP contribution in [0.25, 0.3) is 0 Å². The summed E-state index contributed by atoms with van der Waals surface area (Å²) < 4.78 is 10.9. The van der Waals surface area contributed by atoms with E-state index in [1.54, 1.807) is 13.2 Å². The van der Waals surface area contributed by atoms with Gasteiger partial charge in [0.25, 0.3) is 0 Å². The highest BCUT2D eigenvalue weighted by molar-refractivity contribution is 5.43. The van der Waals surface area contributed by atoms with E-state index in [4.69, 9.17) is 9.47 Å². The lowest BCUT2D eigenvalue weighted by Crippen LogP contribution is -2.34. The molecule has 0 saturated heterocycles. The van der Waals surface area contributed by atoms with Crippen LogP contribution in [0.2, 0.25) is 0 Å². The summed E-state index contributed by atoms with van der Waals surface area (Å²) in [5.41, 5.74) is 1.17. The Morgan fingerprint density at radius 3 is 2.71 bits per heavy atom. The van der Waals surface area contributed by atoms with Crippen molar-refractivity contribution in [3.63, 3.8) is 0 Å². The van der Waals surface area contributed by atoms with E-state index in [2.05, 4.69) is 11.9 Å². The molecule has 2 rings (SSSR count). The van der Waals surface area contributed by atoms with Gasteiger partial charge in [0.1, 0.15) is 6.61 Å². The second kappa shape index (κ2) is 8.05. The molecule has 0 spiro atoms. The van der Waals surface area contributed by atoms with Gasteiger partial charge in [0.05, 0.1) is 13.2 Å². The van der Waals surface area contributed by atoms with Gasteiger partial charge in [-0.2, -0.15) is 0 Å². The molecule has 0 amide bonds. The first-order chi connectivity index (χ1) is 10.2. The van der Waals surface area contributed by atoms with E-state index in [1.165, 1.54) is 5.56 Å². The lowest BCUT2D eigenvalue weighted by molar-refractivity contribution is 0.116. The molecule has 0 heterocycles. The van der Waals surface area contributed by atoms with Crippen molar-refractivity contribution in [2.24, 2.45) is 0 Å². The van der Waals surface area contributed by atoms with Crippen LogP contribution in [0.15, 0.2) is 30.9 Å². The molecular formula is C17H25NO3. The number of benzene rings is 1. The second-order valence-corrected chi connectivity index (χ2v) is 5.47. The molecule has 1 aromatic carbocycles. The molecule has 116 valence electrons. The minimum atomic E-state index is -0.107. The van der Waals surface area contributed by atoms with Crippen molar-refractivity contribution < 1.29 is 14.6 Å². The van der Waals surface area contributed by atoms with E-state index in [1.807, 2.05) is 18.2 Å².